The van der Waals surface area contributed by atoms with Crippen LogP contribution in [0.15, 0.2) is 30.4 Å². The van der Waals surface area contributed by atoms with E-state index in [-0.39, 0.29) is 10.8 Å². The molecule has 94 valence electrons. The normalized spacial score (nSPS) is 13.3. The van der Waals surface area contributed by atoms with Crippen molar-refractivity contribution in [1.82, 2.24) is 0 Å². The maximum absolute atomic E-state index is 10.0. The van der Waals surface area contributed by atoms with Gasteiger partial charge in [-0.2, -0.15) is 0 Å². The first-order chi connectivity index (χ1) is 7.68. The van der Waals surface area contributed by atoms with Crippen LogP contribution in [0.3, 0.4) is 0 Å². The fourth-order valence-electron chi connectivity index (χ4n) is 2.03. The van der Waals surface area contributed by atoms with Gasteiger partial charge in [-0.3, -0.25) is 0 Å². The molecule has 0 radical (unpaired) electrons. The van der Waals surface area contributed by atoms with Gasteiger partial charge in [-0.15, -0.1) is 0 Å². The second kappa shape index (κ2) is 4.56. The number of allylic oxidation sites excluding steroid dienone is 2. The minimum absolute atomic E-state index is 0.106. The Labute approximate surface area is 105 Å². The smallest absolute Gasteiger partial charge is 0.119 e. The maximum Gasteiger partial charge on any atom is 0.119 e. The highest BCUT2D eigenvalue weighted by Crippen LogP contribution is 2.35. The van der Waals surface area contributed by atoms with Crippen molar-refractivity contribution in [3.05, 3.63) is 41.5 Å². The molecule has 0 fully saturated rings. The van der Waals surface area contributed by atoms with E-state index in [0.717, 1.165) is 5.56 Å². The average Bonchev–Trinajstić information content (AvgIpc) is 2.15. The van der Waals surface area contributed by atoms with E-state index in [9.17, 15) is 5.11 Å². The Kier molecular flexibility index (Phi) is 3.71. The highest BCUT2D eigenvalue weighted by molar-refractivity contribution is 5.44. The van der Waals surface area contributed by atoms with E-state index < -0.39 is 0 Å². The summed E-state index contributed by atoms with van der Waals surface area (Å²) < 4.78 is 0. The van der Waals surface area contributed by atoms with Gasteiger partial charge in [0.05, 0.1) is 0 Å². The summed E-state index contributed by atoms with van der Waals surface area (Å²) in [6.07, 6.45) is 4.15. The van der Waals surface area contributed by atoms with Gasteiger partial charge in [0.25, 0.3) is 0 Å². The van der Waals surface area contributed by atoms with Crippen LogP contribution in [0.5, 0.6) is 5.75 Å². The molecular formula is C16H24O. The SMILES string of the molecule is CC=CC(C)(C)c1cc(C(C)(C)C)ccc1O. The van der Waals surface area contributed by atoms with Crippen molar-refractivity contribution in [3.8, 4) is 5.75 Å². The van der Waals surface area contributed by atoms with Crippen LogP contribution < -0.4 is 0 Å². The van der Waals surface area contributed by atoms with Gasteiger partial charge in [0, 0.05) is 11.0 Å². The molecule has 1 N–H and O–H groups in total. The third-order valence-electron chi connectivity index (χ3n) is 3.14. The number of benzene rings is 1. The van der Waals surface area contributed by atoms with Gasteiger partial charge in [-0.05, 0) is 24.0 Å². The fraction of sp³-hybridized carbons (Fsp3) is 0.500. The molecule has 0 unspecified atom stereocenters. The number of hydrogen-bond donors (Lipinski definition) is 1. The van der Waals surface area contributed by atoms with Crippen molar-refractivity contribution in [2.45, 2.75) is 52.4 Å². The lowest BCUT2D eigenvalue weighted by Crippen LogP contribution is -2.17. The quantitative estimate of drug-likeness (QED) is 0.742. The Morgan fingerprint density at radius 2 is 1.65 bits per heavy atom. The molecule has 0 atom stereocenters. The number of hydrogen-bond acceptors (Lipinski definition) is 1. The Morgan fingerprint density at radius 1 is 1.06 bits per heavy atom. The largest absolute Gasteiger partial charge is 0.508 e. The summed E-state index contributed by atoms with van der Waals surface area (Å²) in [4.78, 5) is 0. The molecule has 0 aliphatic heterocycles. The standard InChI is InChI=1S/C16H24O/c1-7-10-16(5,6)13-11-12(15(2,3)4)8-9-14(13)17/h7-11,17H,1-6H3. The third kappa shape index (κ3) is 3.12. The molecule has 0 saturated heterocycles. The van der Waals surface area contributed by atoms with Crippen LogP contribution in [0, 0.1) is 0 Å². The molecule has 0 bridgehead atoms. The van der Waals surface area contributed by atoms with E-state index in [2.05, 4.69) is 46.8 Å². The van der Waals surface area contributed by atoms with Crippen LogP contribution >= 0.6 is 0 Å². The Bertz CT molecular complexity index is 420. The van der Waals surface area contributed by atoms with Crippen molar-refractivity contribution in [3.63, 3.8) is 0 Å². The monoisotopic (exact) mass is 232 g/mol. The second-order valence-corrected chi connectivity index (χ2v) is 6.20. The summed E-state index contributed by atoms with van der Waals surface area (Å²) in [7, 11) is 0. The number of rotatable bonds is 2. The molecule has 0 amide bonds. The van der Waals surface area contributed by atoms with Crippen LogP contribution in [0.4, 0.5) is 0 Å². The van der Waals surface area contributed by atoms with Crippen LogP contribution in [0.25, 0.3) is 0 Å². The van der Waals surface area contributed by atoms with Gasteiger partial charge in [0.15, 0.2) is 0 Å². The summed E-state index contributed by atoms with van der Waals surface area (Å²) in [5.41, 5.74) is 2.21. The predicted molar refractivity (Wildman–Crippen MR) is 74.6 cm³/mol. The fourth-order valence-corrected chi connectivity index (χ4v) is 2.03. The van der Waals surface area contributed by atoms with Crippen molar-refractivity contribution >= 4 is 0 Å². The lowest BCUT2D eigenvalue weighted by atomic mass is 9.79. The van der Waals surface area contributed by atoms with Crippen LogP contribution in [-0.4, -0.2) is 5.11 Å². The minimum Gasteiger partial charge on any atom is -0.508 e. The second-order valence-electron chi connectivity index (χ2n) is 6.20. The zero-order valence-corrected chi connectivity index (χ0v) is 11.8. The molecule has 1 heteroatoms. The van der Waals surface area contributed by atoms with Gasteiger partial charge in [-0.1, -0.05) is 58.9 Å². The highest BCUT2D eigenvalue weighted by Gasteiger charge is 2.23. The van der Waals surface area contributed by atoms with E-state index in [1.807, 2.05) is 19.1 Å². The topological polar surface area (TPSA) is 20.2 Å². The van der Waals surface area contributed by atoms with Crippen LogP contribution in [0.2, 0.25) is 0 Å². The Morgan fingerprint density at radius 3 is 2.12 bits per heavy atom. The first-order valence-corrected chi connectivity index (χ1v) is 6.16. The molecular weight excluding hydrogens is 208 g/mol. The number of phenolic OH excluding ortho intramolecular Hbond substituents is 1. The van der Waals surface area contributed by atoms with Crippen molar-refractivity contribution in [2.24, 2.45) is 0 Å². The number of phenols is 1. The van der Waals surface area contributed by atoms with Gasteiger partial charge >= 0.3 is 0 Å². The lowest BCUT2D eigenvalue weighted by molar-refractivity contribution is 0.453. The molecule has 0 aliphatic carbocycles. The van der Waals surface area contributed by atoms with Gasteiger partial charge in [0.1, 0.15) is 5.75 Å². The third-order valence-corrected chi connectivity index (χ3v) is 3.14. The molecule has 0 saturated carbocycles. The Hall–Kier alpha value is -1.24. The summed E-state index contributed by atoms with van der Waals surface area (Å²) in [6.45, 7) is 12.8. The minimum atomic E-state index is -0.139. The van der Waals surface area contributed by atoms with E-state index in [4.69, 9.17) is 0 Å². The highest BCUT2D eigenvalue weighted by atomic mass is 16.3. The average molecular weight is 232 g/mol. The van der Waals surface area contributed by atoms with Crippen molar-refractivity contribution < 1.29 is 5.11 Å². The van der Waals surface area contributed by atoms with Crippen molar-refractivity contribution in [1.29, 1.82) is 0 Å². The molecule has 0 heterocycles. The van der Waals surface area contributed by atoms with Crippen molar-refractivity contribution in [2.75, 3.05) is 0 Å². The first-order valence-electron chi connectivity index (χ1n) is 6.16. The van der Waals surface area contributed by atoms with E-state index in [0.29, 0.717) is 5.75 Å². The summed E-state index contributed by atoms with van der Waals surface area (Å²) in [6, 6.07) is 5.93. The molecule has 0 aliphatic rings. The van der Waals surface area contributed by atoms with Gasteiger partial charge in [0.2, 0.25) is 0 Å². The molecule has 1 aromatic rings. The summed E-state index contributed by atoms with van der Waals surface area (Å²) >= 11 is 0. The van der Waals surface area contributed by atoms with E-state index >= 15 is 0 Å². The Balaban J connectivity index is 3.34. The maximum atomic E-state index is 10.0. The molecule has 17 heavy (non-hydrogen) atoms. The molecule has 0 spiro atoms. The van der Waals surface area contributed by atoms with E-state index in [1.165, 1.54) is 5.56 Å². The lowest BCUT2D eigenvalue weighted by Gasteiger charge is -2.26. The zero-order chi connectivity index (χ0) is 13.3. The summed E-state index contributed by atoms with van der Waals surface area (Å²) in [5.74, 6) is 0.376. The molecule has 1 rings (SSSR count). The molecule has 1 nitrogen and oxygen atoms in total. The molecule has 0 aromatic heterocycles. The van der Waals surface area contributed by atoms with Crippen LogP contribution in [-0.2, 0) is 10.8 Å². The van der Waals surface area contributed by atoms with E-state index in [1.54, 1.807) is 6.07 Å². The summed E-state index contributed by atoms with van der Waals surface area (Å²) in [5, 5.41) is 10.0. The van der Waals surface area contributed by atoms with Crippen LogP contribution in [0.1, 0.15) is 52.7 Å². The number of aromatic hydroxyl groups is 1. The first kappa shape index (κ1) is 13.8. The molecule has 1 aromatic carbocycles. The van der Waals surface area contributed by atoms with Gasteiger partial charge in [-0.25, -0.2) is 0 Å². The van der Waals surface area contributed by atoms with Gasteiger partial charge < -0.3 is 5.11 Å². The zero-order valence-electron chi connectivity index (χ0n) is 11.8. The predicted octanol–water partition coefficient (Wildman–Crippen LogP) is 4.54.